The van der Waals surface area contributed by atoms with Gasteiger partial charge in [0.15, 0.2) is 0 Å². The third-order valence-electron chi connectivity index (χ3n) is 0.300. The molecule has 0 atom stereocenters. The predicted octanol–water partition coefficient (Wildman–Crippen LogP) is -0.433. The Morgan fingerprint density at radius 3 is 2.67 bits per heavy atom. The van der Waals surface area contributed by atoms with Gasteiger partial charge in [-0.2, -0.15) is 0 Å². The molecule has 0 fully saturated rings. The molecule has 0 unspecified atom stereocenters. The summed E-state index contributed by atoms with van der Waals surface area (Å²) in [6.45, 7) is 0. The Morgan fingerprint density at radius 2 is 2.50 bits per heavy atom. The van der Waals surface area contributed by atoms with Gasteiger partial charge >= 0.3 is 0 Å². The SMILES string of the molecule is CO/C=C/NN. The first-order chi connectivity index (χ1) is 2.91. The highest BCUT2D eigenvalue weighted by molar-refractivity contribution is 4.64. The number of nitrogens with one attached hydrogen (secondary N) is 1. The molecule has 0 radical (unpaired) electrons. The zero-order chi connectivity index (χ0) is 4.83. The van der Waals surface area contributed by atoms with Gasteiger partial charge in [-0.1, -0.05) is 0 Å². The number of hydrogen-bond acceptors (Lipinski definition) is 3. The van der Waals surface area contributed by atoms with E-state index in [1.54, 1.807) is 7.11 Å². The fourth-order valence-corrected chi connectivity index (χ4v) is 0.107. The van der Waals surface area contributed by atoms with Crippen molar-refractivity contribution in [3.05, 3.63) is 12.5 Å². The van der Waals surface area contributed by atoms with Crippen LogP contribution in [0, 0.1) is 0 Å². The van der Waals surface area contributed by atoms with Crippen molar-refractivity contribution < 1.29 is 4.74 Å². The number of rotatable bonds is 2. The number of ether oxygens (including phenoxy) is 1. The van der Waals surface area contributed by atoms with E-state index in [2.05, 4.69) is 10.2 Å². The number of nitrogens with two attached hydrogens (primary N) is 1. The van der Waals surface area contributed by atoms with Crippen LogP contribution in [0.25, 0.3) is 0 Å². The maximum atomic E-state index is 4.80. The Balaban J connectivity index is 2.73. The lowest BCUT2D eigenvalue weighted by atomic mass is 11.0. The average molecular weight is 88.1 g/mol. The van der Waals surface area contributed by atoms with Crippen molar-refractivity contribution in [2.24, 2.45) is 5.84 Å². The van der Waals surface area contributed by atoms with Crippen molar-refractivity contribution in [1.29, 1.82) is 0 Å². The van der Waals surface area contributed by atoms with Crippen molar-refractivity contribution >= 4 is 0 Å². The third-order valence-corrected chi connectivity index (χ3v) is 0.300. The second-order valence-electron chi connectivity index (χ2n) is 0.705. The van der Waals surface area contributed by atoms with Crippen LogP contribution in [-0.4, -0.2) is 7.11 Å². The summed E-state index contributed by atoms with van der Waals surface area (Å²) >= 11 is 0. The Labute approximate surface area is 36.8 Å². The van der Waals surface area contributed by atoms with Crippen molar-refractivity contribution in [1.82, 2.24) is 5.43 Å². The van der Waals surface area contributed by atoms with Gasteiger partial charge in [0.1, 0.15) is 0 Å². The number of hydrogen-bond donors (Lipinski definition) is 2. The highest BCUT2D eigenvalue weighted by Crippen LogP contribution is 1.60. The second kappa shape index (κ2) is 4.30. The second-order valence-corrected chi connectivity index (χ2v) is 0.705. The molecule has 36 valence electrons. The third kappa shape index (κ3) is 3.30. The van der Waals surface area contributed by atoms with Gasteiger partial charge in [-0.25, -0.2) is 0 Å². The Bertz CT molecular complexity index is 38.1. The molecule has 0 bridgehead atoms. The molecule has 3 N–H and O–H groups in total. The van der Waals surface area contributed by atoms with Crippen molar-refractivity contribution in [2.75, 3.05) is 7.11 Å². The normalized spacial score (nSPS) is 9.00. The summed E-state index contributed by atoms with van der Waals surface area (Å²) in [6.07, 6.45) is 2.93. The van der Waals surface area contributed by atoms with Gasteiger partial charge in [0.2, 0.25) is 0 Å². The van der Waals surface area contributed by atoms with E-state index < -0.39 is 0 Å². The fourth-order valence-electron chi connectivity index (χ4n) is 0.107. The van der Waals surface area contributed by atoms with E-state index in [0.29, 0.717) is 0 Å². The zero-order valence-corrected chi connectivity index (χ0v) is 3.64. The molecule has 0 heterocycles. The fraction of sp³-hybridized carbons (Fsp3) is 0.333. The maximum absolute atomic E-state index is 4.80. The highest BCUT2D eigenvalue weighted by atomic mass is 16.5. The molecular formula is C3H8N2O. The van der Waals surface area contributed by atoms with Crippen LogP contribution in [0.15, 0.2) is 12.5 Å². The summed E-state index contributed by atoms with van der Waals surface area (Å²) in [4.78, 5) is 0. The van der Waals surface area contributed by atoms with Crippen LogP contribution in [0.2, 0.25) is 0 Å². The van der Waals surface area contributed by atoms with Crippen LogP contribution >= 0.6 is 0 Å². The van der Waals surface area contributed by atoms with Crippen LogP contribution in [0.1, 0.15) is 0 Å². The van der Waals surface area contributed by atoms with E-state index in [9.17, 15) is 0 Å². The topological polar surface area (TPSA) is 47.3 Å². The van der Waals surface area contributed by atoms with E-state index in [1.807, 2.05) is 0 Å². The van der Waals surface area contributed by atoms with E-state index in [-0.39, 0.29) is 0 Å². The molecule has 0 aromatic heterocycles. The van der Waals surface area contributed by atoms with Gasteiger partial charge in [-0.3, -0.25) is 5.84 Å². The summed E-state index contributed by atoms with van der Waals surface area (Å²) in [7, 11) is 1.55. The molecular weight excluding hydrogens is 80.0 g/mol. The highest BCUT2D eigenvalue weighted by Gasteiger charge is 1.54. The lowest BCUT2D eigenvalue weighted by Gasteiger charge is -1.83. The number of hydrazine groups is 1. The van der Waals surface area contributed by atoms with Crippen LogP contribution in [0.5, 0.6) is 0 Å². The van der Waals surface area contributed by atoms with Crippen LogP contribution in [0.4, 0.5) is 0 Å². The van der Waals surface area contributed by atoms with Gasteiger partial charge in [0, 0.05) is 6.20 Å². The molecule has 3 heteroatoms. The van der Waals surface area contributed by atoms with E-state index in [0.717, 1.165) is 0 Å². The molecule has 0 aliphatic heterocycles. The molecule has 0 saturated heterocycles. The summed E-state index contributed by atoms with van der Waals surface area (Å²) < 4.78 is 4.46. The molecule has 0 amide bonds. The monoisotopic (exact) mass is 88.1 g/mol. The van der Waals surface area contributed by atoms with Crippen molar-refractivity contribution in [2.45, 2.75) is 0 Å². The minimum atomic E-state index is 1.44. The molecule has 0 aliphatic carbocycles. The Morgan fingerprint density at radius 1 is 1.83 bits per heavy atom. The first-order valence-corrected chi connectivity index (χ1v) is 1.55. The summed E-state index contributed by atoms with van der Waals surface area (Å²) in [5.74, 6) is 4.80. The minimum absolute atomic E-state index is 1.44. The molecule has 0 rings (SSSR count). The van der Waals surface area contributed by atoms with Gasteiger partial charge in [-0.05, 0) is 0 Å². The molecule has 0 aromatic carbocycles. The van der Waals surface area contributed by atoms with Crippen molar-refractivity contribution in [3.8, 4) is 0 Å². The standard InChI is InChI=1S/C3H8N2O/c1-6-3-2-5-4/h2-3,5H,4H2,1H3/b3-2+. The van der Waals surface area contributed by atoms with Crippen molar-refractivity contribution in [3.63, 3.8) is 0 Å². The van der Waals surface area contributed by atoms with Crippen LogP contribution in [0.3, 0.4) is 0 Å². The van der Waals surface area contributed by atoms with E-state index in [4.69, 9.17) is 5.84 Å². The lowest BCUT2D eigenvalue weighted by Crippen LogP contribution is -2.12. The zero-order valence-electron chi connectivity index (χ0n) is 3.64. The molecule has 0 aliphatic rings. The van der Waals surface area contributed by atoms with Crippen LogP contribution < -0.4 is 11.3 Å². The van der Waals surface area contributed by atoms with Crippen LogP contribution in [-0.2, 0) is 4.74 Å². The minimum Gasteiger partial charge on any atom is -0.503 e. The molecule has 0 spiro atoms. The first kappa shape index (κ1) is 5.30. The molecule has 3 nitrogen and oxygen atoms in total. The predicted molar refractivity (Wildman–Crippen MR) is 23.5 cm³/mol. The van der Waals surface area contributed by atoms with Gasteiger partial charge in [0.05, 0.1) is 13.4 Å². The molecule has 0 aromatic rings. The maximum Gasteiger partial charge on any atom is 0.0995 e. The van der Waals surface area contributed by atoms with Gasteiger partial charge < -0.3 is 10.2 Å². The summed E-state index contributed by atoms with van der Waals surface area (Å²) in [5, 5.41) is 0. The summed E-state index contributed by atoms with van der Waals surface area (Å²) in [6, 6.07) is 0. The molecule has 6 heavy (non-hydrogen) atoms. The average Bonchev–Trinajstić information content (AvgIpc) is 1.61. The lowest BCUT2D eigenvalue weighted by molar-refractivity contribution is 0.335. The largest absolute Gasteiger partial charge is 0.503 e. The Kier molecular flexibility index (Phi) is 3.80. The summed E-state index contributed by atoms with van der Waals surface area (Å²) in [5.41, 5.74) is 2.26. The van der Waals surface area contributed by atoms with Gasteiger partial charge in [-0.15, -0.1) is 0 Å². The smallest absolute Gasteiger partial charge is 0.0995 e. The molecule has 0 saturated carbocycles. The van der Waals surface area contributed by atoms with E-state index in [1.165, 1.54) is 12.5 Å². The van der Waals surface area contributed by atoms with E-state index >= 15 is 0 Å². The first-order valence-electron chi connectivity index (χ1n) is 1.55. The number of methoxy groups -OCH3 is 1. The van der Waals surface area contributed by atoms with Gasteiger partial charge in [0.25, 0.3) is 0 Å². The Hall–Kier alpha value is -0.700. The quantitative estimate of drug-likeness (QED) is 0.273.